The Labute approximate surface area is 154 Å². The van der Waals surface area contributed by atoms with Crippen LogP contribution < -0.4 is 11.1 Å². The average Bonchev–Trinajstić information content (AvgIpc) is 2.45. The smallest absolute Gasteiger partial charge is 0.251 e. The van der Waals surface area contributed by atoms with Gasteiger partial charge in [-0.25, -0.2) is 7.11 Å². The third-order valence-corrected chi connectivity index (χ3v) is 2.16. The first-order chi connectivity index (χ1) is 9.42. The maximum Gasteiger partial charge on any atom is 0.251 e. The molecule has 1 aromatic carbocycles. The molecule has 0 aliphatic carbocycles. The van der Waals surface area contributed by atoms with Gasteiger partial charge in [-0.2, -0.15) is 0 Å². The molecule has 134 valence electrons. The second-order valence-electron chi connectivity index (χ2n) is 4.14. The molecule has 0 unspecified atom stereocenters. The fourth-order valence-electron chi connectivity index (χ4n) is 1.06. The molecule has 0 fully saturated rings. The van der Waals surface area contributed by atoms with Gasteiger partial charge in [-0.3, -0.25) is 9.59 Å². The Kier molecular flexibility index (Phi) is 22.1. The number of aliphatic hydroxyl groups is 1. The fourth-order valence-corrected chi connectivity index (χ4v) is 1.06. The van der Waals surface area contributed by atoms with Crippen LogP contribution >= 0.6 is 0 Å². The Morgan fingerprint density at radius 1 is 1.22 bits per heavy atom. The first kappa shape index (κ1) is 29.7. The minimum absolute atomic E-state index is 0. The van der Waals surface area contributed by atoms with Crippen LogP contribution in [0.2, 0.25) is 0 Å². The second-order valence-corrected chi connectivity index (χ2v) is 4.14. The van der Waals surface area contributed by atoms with Gasteiger partial charge in [0.15, 0.2) is 0 Å². The predicted octanol–water partition coefficient (Wildman–Crippen LogP) is 1.61. The molecule has 0 radical (unpaired) electrons. The van der Waals surface area contributed by atoms with Gasteiger partial charge in [-0.1, -0.05) is 0 Å². The number of benzene rings is 1. The van der Waals surface area contributed by atoms with E-state index >= 15 is 0 Å². The number of amides is 2. The van der Waals surface area contributed by atoms with Crippen molar-refractivity contribution in [1.29, 1.82) is 0 Å². The normalized spacial score (nSPS) is 8.39. The zero-order valence-electron chi connectivity index (χ0n) is 14.2. The zero-order chi connectivity index (χ0) is 15.5. The van der Waals surface area contributed by atoms with Crippen molar-refractivity contribution in [1.82, 2.24) is 5.32 Å². The summed E-state index contributed by atoms with van der Waals surface area (Å²) in [7, 11) is 3.19. The van der Waals surface area contributed by atoms with Crippen molar-refractivity contribution in [3.63, 3.8) is 0 Å². The number of carbonyl (C=O) groups is 2. The maximum absolute atomic E-state index is 11.3. The van der Waals surface area contributed by atoms with Crippen molar-refractivity contribution in [2.24, 2.45) is 5.73 Å². The van der Waals surface area contributed by atoms with E-state index in [0.29, 0.717) is 11.1 Å². The standard InChI is InChI=1S/C10H12N2O3.C4H9O.2CH3.W/c11-9(14)7-1-3-8(4-2-7)10(15)12-5-6-13;1-4(2)5-3;;;/h1-4,13H,5-6H2,(H2,11,14)(H,12,15);4H,3H2,1-2H3;2*1H3;/q;3*-1;. The van der Waals surface area contributed by atoms with E-state index in [-0.39, 0.29) is 61.1 Å². The third-order valence-electron chi connectivity index (χ3n) is 2.16. The predicted molar refractivity (Wildman–Crippen MR) is 88.8 cm³/mol. The van der Waals surface area contributed by atoms with E-state index in [9.17, 15) is 9.59 Å². The van der Waals surface area contributed by atoms with Gasteiger partial charge in [-0.15, -0.1) is 0 Å². The Bertz CT molecular complexity index is 423. The third kappa shape index (κ3) is 14.1. The summed E-state index contributed by atoms with van der Waals surface area (Å²) in [5.74, 6) is -0.822. The number of primary amides is 1. The van der Waals surface area contributed by atoms with Crippen molar-refractivity contribution in [3.8, 4) is 0 Å². The van der Waals surface area contributed by atoms with Gasteiger partial charge in [0.1, 0.15) is 0 Å². The van der Waals surface area contributed by atoms with Crippen LogP contribution in [0.3, 0.4) is 0 Å². The Morgan fingerprint density at radius 3 is 1.91 bits per heavy atom. The van der Waals surface area contributed by atoms with Gasteiger partial charge < -0.3 is 35.7 Å². The van der Waals surface area contributed by atoms with Crippen LogP contribution in [0.15, 0.2) is 24.3 Å². The van der Waals surface area contributed by atoms with Gasteiger partial charge in [0.2, 0.25) is 5.91 Å². The molecule has 0 saturated carbocycles. The Morgan fingerprint density at radius 2 is 1.61 bits per heavy atom. The van der Waals surface area contributed by atoms with Crippen LogP contribution in [-0.4, -0.2) is 36.2 Å². The Balaban J connectivity index is -0.000000199. The van der Waals surface area contributed by atoms with Crippen LogP contribution in [-0.2, 0) is 25.8 Å². The van der Waals surface area contributed by atoms with Crippen molar-refractivity contribution >= 4 is 11.8 Å². The van der Waals surface area contributed by atoms with Crippen LogP contribution in [0.25, 0.3) is 0 Å². The molecule has 1 rings (SSSR count). The largest absolute Gasteiger partial charge is 0.553 e. The van der Waals surface area contributed by atoms with E-state index in [1.165, 1.54) is 24.3 Å². The number of ether oxygens (including phenoxy) is 1. The molecule has 0 heterocycles. The number of hydrogen-bond donors (Lipinski definition) is 3. The first-order valence-electron chi connectivity index (χ1n) is 6.12. The number of aliphatic hydroxyl groups excluding tert-OH is 1. The summed E-state index contributed by atoms with van der Waals surface area (Å²) in [5.41, 5.74) is 5.83. The minimum atomic E-state index is -0.530. The van der Waals surface area contributed by atoms with Gasteiger partial charge in [0.25, 0.3) is 5.91 Å². The van der Waals surface area contributed by atoms with Crippen molar-refractivity contribution in [2.45, 2.75) is 20.0 Å². The number of nitrogens with two attached hydrogens (primary N) is 1. The topological polar surface area (TPSA) is 102 Å². The van der Waals surface area contributed by atoms with Gasteiger partial charge in [0, 0.05) is 44.8 Å². The number of hydrogen-bond acceptors (Lipinski definition) is 4. The molecule has 0 aromatic heterocycles. The number of rotatable bonds is 5. The molecule has 0 aliphatic rings. The second kappa shape index (κ2) is 17.1. The van der Waals surface area contributed by atoms with E-state index < -0.39 is 5.91 Å². The summed E-state index contributed by atoms with van der Waals surface area (Å²) in [6.45, 7) is 3.97. The Hall–Kier alpha value is -1.23. The molecule has 0 saturated heterocycles. The molecule has 0 bridgehead atoms. The quantitative estimate of drug-likeness (QED) is 0.541. The van der Waals surface area contributed by atoms with E-state index in [1.807, 2.05) is 13.8 Å². The summed E-state index contributed by atoms with van der Waals surface area (Å²) in [6.07, 6.45) is 0.273. The van der Waals surface area contributed by atoms with Gasteiger partial charge >= 0.3 is 0 Å². The minimum Gasteiger partial charge on any atom is -0.553 e. The van der Waals surface area contributed by atoms with E-state index in [1.54, 1.807) is 0 Å². The first-order valence-corrected chi connectivity index (χ1v) is 6.12. The zero-order valence-corrected chi connectivity index (χ0v) is 17.1. The summed E-state index contributed by atoms with van der Waals surface area (Å²) in [5, 5.41) is 11.0. The fraction of sp³-hybridized carbons (Fsp3) is 0.312. The van der Waals surface area contributed by atoms with E-state index in [2.05, 4.69) is 17.2 Å². The summed E-state index contributed by atoms with van der Waals surface area (Å²) in [4.78, 5) is 22.1. The monoisotopic (exact) mass is 495 g/mol. The van der Waals surface area contributed by atoms with Crippen molar-refractivity contribution in [2.75, 3.05) is 13.2 Å². The van der Waals surface area contributed by atoms with Gasteiger partial charge in [0.05, 0.1) is 6.61 Å². The molecule has 4 N–H and O–H groups in total. The van der Waals surface area contributed by atoms with E-state index in [0.717, 1.165) is 0 Å². The van der Waals surface area contributed by atoms with Crippen molar-refractivity contribution in [3.05, 3.63) is 57.4 Å². The molecule has 7 heteroatoms. The van der Waals surface area contributed by atoms with Crippen LogP contribution in [0.5, 0.6) is 0 Å². The summed E-state index contributed by atoms with van der Waals surface area (Å²) < 4.78 is 4.50. The molecular formula is C16H27N2O4W-3. The average molecular weight is 495 g/mol. The summed E-state index contributed by atoms with van der Waals surface area (Å²) in [6, 6.07) is 5.98. The summed E-state index contributed by atoms with van der Waals surface area (Å²) >= 11 is 0. The van der Waals surface area contributed by atoms with Gasteiger partial charge in [-0.05, 0) is 38.1 Å². The van der Waals surface area contributed by atoms with E-state index in [4.69, 9.17) is 10.8 Å². The number of carbonyl (C=O) groups excluding carboxylic acids is 2. The molecular weight excluding hydrogens is 468 g/mol. The molecule has 1 aromatic rings. The van der Waals surface area contributed by atoms with Crippen LogP contribution in [0.1, 0.15) is 34.6 Å². The molecule has 2 amide bonds. The molecule has 23 heavy (non-hydrogen) atoms. The van der Waals surface area contributed by atoms with Crippen molar-refractivity contribution < 1.29 is 40.5 Å². The molecule has 0 aliphatic heterocycles. The maximum atomic E-state index is 11.3. The molecule has 0 atom stereocenters. The molecule has 6 nitrogen and oxygen atoms in total. The molecule has 0 spiro atoms. The number of nitrogens with one attached hydrogen (secondary N) is 1. The SMILES string of the molecule is NC(=O)c1ccc(C(=O)NCCO)cc1.[CH2-]OC(C)C.[CH3-].[CH3-].[W]. The van der Waals surface area contributed by atoms with Crippen LogP contribution in [0.4, 0.5) is 0 Å². The van der Waals surface area contributed by atoms with Crippen LogP contribution in [0, 0.1) is 22.0 Å².